The molecule has 0 N–H and O–H groups in total. The van der Waals surface area contributed by atoms with E-state index in [0.29, 0.717) is 11.1 Å². The van der Waals surface area contributed by atoms with E-state index >= 15 is 0 Å². The molecule has 0 fully saturated rings. The lowest BCUT2D eigenvalue weighted by Crippen LogP contribution is -2.01. The molecule has 4 heteroatoms. The second kappa shape index (κ2) is 4.10. The van der Waals surface area contributed by atoms with E-state index in [-0.39, 0.29) is 22.4 Å². The van der Waals surface area contributed by atoms with Crippen LogP contribution in [0, 0.1) is 12.7 Å². The minimum atomic E-state index is -0.338. The van der Waals surface area contributed by atoms with Crippen LogP contribution in [0.4, 0.5) is 4.39 Å². The van der Waals surface area contributed by atoms with E-state index in [4.69, 9.17) is 16.0 Å². The monoisotopic (exact) mass is 238 g/mol. The number of hydrogen-bond acceptors (Lipinski definition) is 2. The van der Waals surface area contributed by atoms with Crippen molar-refractivity contribution in [2.75, 3.05) is 0 Å². The third-order valence-electron chi connectivity index (χ3n) is 2.28. The van der Waals surface area contributed by atoms with Crippen LogP contribution in [0.1, 0.15) is 21.5 Å². The number of carbonyl (C=O) groups excluding carboxylic acids is 1. The van der Waals surface area contributed by atoms with Crippen LogP contribution < -0.4 is 0 Å². The van der Waals surface area contributed by atoms with Crippen LogP contribution in [0.5, 0.6) is 0 Å². The Kier molecular flexibility index (Phi) is 2.79. The van der Waals surface area contributed by atoms with E-state index in [0.717, 1.165) is 0 Å². The Bertz CT molecular complexity index is 546. The Labute approximate surface area is 96.6 Å². The van der Waals surface area contributed by atoms with E-state index in [2.05, 4.69) is 0 Å². The van der Waals surface area contributed by atoms with Crippen LogP contribution >= 0.6 is 11.6 Å². The van der Waals surface area contributed by atoms with Crippen molar-refractivity contribution in [3.05, 3.63) is 58.3 Å². The van der Waals surface area contributed by atoms with Gasteiger partial charge in [-0.2, -0.15) is 0 Å². The van der Waals surface area contributed by atoms with Crippen molar-refractivity contribution in [1.82, 2.24) is 0 Å². The molecule has 0 saturated heterocycles. The molecule has 0 spiro atoms. The molecule has 0 unspecified atom stereocenters. The first-order chi connectivity index (χ1) is 7.59. The summed E-state index contributed by atoms with van der Waals surface area (Å²) in [5, 5.41) is 0.0481. The van der Waals surface area contributed by atoms with Gasteiger partial charge in [0, 0.05) is 5.56 Å². The lowest BCUT2D eigenvalue weighted by molar-refractivity contribution is 0.103. The quantitative estimate of drug-likeness (QED) is 0.748. The average molecular weight is 239 g/mol. The van der Waals surface area contributed by atoms with Gasteiger partial charge in [0.2, 0.25) is 5.22 Å². The number of furan rings is 1. The first-order valence-corrected chi connectivity index (χ1v) is 5.01. The molecule has 1 heterocycles. The number of hydrogen-bond donors (Lipinski definition) is 0. The fourth-order valence-electron chi connectivity index (χ4n) is 1.40. The molecule has 2 nitrogen and oxygen atoms in total. The van der Waals surface area contributed by atoms with E-state index in [9.17, 15) is 9.18 Å². The van der Waals surface area contributed by atoms with Crippen LogP contribution in [0.2, 0.25) is 5.22 Å². The topological polar surface area (TPSA) is 30.2 Å². The summed E-state index contributed by atoms with van der Waals surface area (Å²) in [7, 11) is 0. The molecule has 82 valence electrons. The van der Waals surface area contributed by atoms with Crippen molar-refractivity contribution in [2.24, 2.45) is 0 Å². The number of benzene rings is 1. The van der Waals surface area contributed by atoms with Crippen molar-refractivity contribution >= 4 is 17.4 Å². The SMILES string of the molecule is Cc1cc(C(=O)c2ccoc2Cl)ccc1F. The summed E-state index contributed by atoms with van der Waals surface area (Å²) >= 11 is 5.69. The molecule has 0 aliphatic heterocycles. The average Bonchev–Trinajstić information content (AvgIpc) is 2.67. The predicted molar refractivity (Wildman–Crippen MR) is 58.3 cm³/mol. The molecule has 2 rings (SSSR count). The normalized spacial score (nSPS) is 10.4. The van der Waals surface area contributed by atoms with Crippen LogP contribution in [0.3, 0.4) is 0 Å². The zero-order chi connectivity index (χ0) is 11.7. The highest BCUT2D eigenvalue weighted by molar-refractivity contribution is 6.33. The standard InChI is InChI=1S/C12H8ClFO2/c1-7-6-8(2-3-10(7)14)11(15)9-4-5-16-12(9)13/h2-6H,1H3. The summed E-state index contributed by atoms with van der Waals surface area (Å²) in [5.41, 5.74) is 1.10. The van der Waals surface area contributed by atoms with E-state index < -0.39 is 0 Å². The minimum Gasteiger partial charge on any atom is -0.452 e. The van der Waals surface area contributed by atoms with Gasteiger partial charge in [-0.15, -0.1) is 0 Å². The lowest BCUT2D eigenvalue weighted by atomic mass is 10.0. The maximum Gasteiger partial charge on any atom is 0.204 e. The summed E-state index contributed by atoms with van der Waals surface area (Å²) in [6.45, 7) is 1.60. The number of ketones is 1. The highest BCUT2D eigenvalue weighted by Crippen LogP contribution is 2.21. The second-order valence-corrected chi connectivity index (χ2v) is 3.74. The second-order valence-electron chi connectivity index (χ2n) is 3.40. The number of aryl methyl sites for hydroxylation is 1. The molecule has 0 aliphatic rings. The van der Waals surface area contributed by atoms with Gasteiger partial charge in [-0.1, -0.05) is 0 Å². The number of rotatable bonds is 2. The number of halogens is 2. The third-order valence-corrected chi connectivity index (χ3v) is 2.58. The van der Waals surface area contributed by atoms with Gasteiger partial charge in [0.25, 0.3) is 0 Å². The fraction of sp³-hybridized carbons (Fsp3) is 0.0833. The van der Waals surface area contributed by atoms with Crippen molar-refractivity contribution in [3.8, 4) is 0 Å². The van der Waals surface area contributed by atoms with Gasteiger partial charge in [0.1, 0.15) is 5.82 Å². The van der Waals surface area contributed by atoms with Gasteiger partial charge in [0.05, 0.1) is 11.8 Å². The van der Waals surface area contributed by atoms with Crippen LogP contribution in [-0.2, 0) is 0 Å². The maximum atomic E-state index is 13.0. The molecule has 0 saturated carbocycles. The van der Waals surface area contributed by atoms with Crippen LogP contribution in [0.25, 0.3) is 0 Å². The highest BCUT2D eigenvalue weighted by Gasteiger charge is 2.15. The number of carbonyl (C=O) groups is 1. The predicted octanol–water partition coefficient (Wildman–Crippen LogP) is 3.61. The minimum absolute atomic E-state index is 0.0481. The van der Waals surface area contributed by atoms with Crippen molar-refractivity contribution in [3.63, 3.8) is 0 Å². The van der Waals surface area contributed by atoms with E-state index in [1.807, 2.05) is 0 Å². The zero-order valence-electron chi connectivity index (χ0n) is 8.46. The van der Waals surface area contributed by atoms with Gasteiger partial charge >= 0.3 is 0 Å². The molecular formula is C12H8ClFO2. The van der Waals surface area contributed by atoms with Gasteiger partial charge in [-0.3, -0.25) is 4.79 Å². The Morgan fingerprint density at radius 1 is 1.38 bits per heavy atom. The molecule has 0 bridgehead atoms. The van der Waals surface area contributed by atoms with Crippen LogP contribution in [-0.4, -0.2) is 5.78 Å². The Hall–Kier alpha value is -1.61. The van der Waals surface area contributed by atoms with E-state index in [1.54, 1.807) is 6.92 Å². The maximum absolute atomic E-state index is 13.0. The summed E-state index contributed by atoms with van der Waals surface area (Å²) in [4.78, 5) is 11.9. The van der Waals surface area contributed by atoms with Gasteiger partial charge < -0.3 is 4.42 Å². The molecule has 0 aliphatic carbocycles. The van der Waals surface area contributed by atoms with Crippen molar-refractivity contribution in [1.29, 1.82) is 0 Å². The Morgan fingerprint density at radius 3 is 2.69 bits per heavy atom. The van der Waals surface area contributed by atoms with Crippen molar-refractivity contribution in [2.45, 2.75) is 6.92 Å². The Balaban J connectivity index is 2.42. The lowest BCUT2D eigenvalue weighted by Gasteiger charge is -2.01. The fourth-order valence-corrected chi connectivity index (χ4v) is 1.60. The molecular weight excluding hydrogens is 231 g/mol. The molecule has 0 amide bonds. The molecule has 1 aromatic heterocycles. The first kappa shape index (κ1) is 10.9. The molecule has 16 heavy (non-hydrogen) atoms. The first-order valence-electron chi connectivity index (χ1n) is 4.63. The summed E-state index contributed by atoms with van der Waals surface area (Å²) in [5.74, 6) is -0.614. The molecule has 1 aromatic carbocycles. The van der Waals surface area contributed by atoms with Gasteiger partial charge in [0.15, 0.2) is 5.78 Å². The van der Waals surface area contributed by atoms with E-state index in [1.165, 1.54) is 30.5 Å². The summed E-state index contributed by atoms with van der Waals surface area (Å²) in [6, 6.07) is 5.66. The largest absolute Gasteiger partial charge is 0.452 e. The summed E-state index contributed by atoms with van der Waals surface area (Å²) < 4.78 is 17.9. The van der Waals surface area contributed by atoms with Crippen molar-refractivity contribution < 1.29 is 13.6 Å². The zero-order valence-corrected chi connectivity index (χ0v) is 9.22. The molecule has 0 atom stereocenters. The summed E-state index contributed by atoms with van der Waals surface area (Å²) in [6.07, 6.45) is 1.34. The highest BCUT2D eigenvalue weighted by atomic mass is 35.5. The smallest absolute Gasteiger partial charge is 0.204 e. The molecule has 0 radical (unpaired) electrons. The van der Waals surface area contributed by atoms with Gasteiger partial charge in [-0.05, 0) is 48.4 Å². The molecule has 2 aromatic rings. The van der Waals surface area contributed by atoms with Crippen LogP contribution in [0.15, 0.2) is 34.9 Å². The Morgan fingerprint density at radius 2 is 2.12 bits per heavy atom. The van der Waals surface area contributed by atoms with Gasteiger partial charge in [-0.25, -0.2) is 4.39 Å². The third kappa shape index (κ3) is 1.86.